The van der Waals surface area contributed by atoms with E-state index in [2.05, 4.69) is 15.5 Å². The van der Waals surface area contributed by atoms with Crippen molar-refractivity contribution >= 4 is 10.0 Å². The number of hydrogen-bond acceptors (Lipinski definition) is 6. The first-order chi connectivity index (χ1) is 12.2. The number of nitrogens with zero attached hydrogens (tertiary/aromatic N) is 4. The van der Waals surface area contributed by atoms with Gasteiger partial charge in [-0.15, -0.1) is 9.19 Å². The summed E-state index contributed by atoms with van der Waals surface area (Å²) in [5.74, 6) is 0.123. The lowest BCUT2D eigenvalue weighted by Gasteiger charge is -2.07. The van der Waals surface area contributed by atoms with Gasteiger partial charge in [-0.05, 0) is 22.4 Å². The monoisotopic (exact) mass is 358 g/mol. The minimum Gasteiger partial charge on any atom is -0.377 e. The fraction of sp³-hybridized carbons (Fsp3) is 0.235. The lowest BCUT2D eigenvalue weighted by atomic mass is 10.2. The fourth-order valence-electron chi connectivity index (χ4n) is 2.32. The van der Waals surface area contributed by atoms with E-state index < -0.39 is 10.0 Å². The van der Waals surface area contributed by atoms with Crippen LogP contribution in [-0.4, -0.2) is 40.4 Å². The molecule has 0 radical (unpaired) electrons. The van der Waals surface area contributed by atoms with Crippen LogP contribution in [0.3, 0.4) is 0 Å². The average Bonchev–Trinajstić information content (AvgIpc) is 3.14. The lowest BCUT2D eigenvalue weighted by molar-refractivity contribution is 0.122. The van der Waals surface area contributed by atoms with Gasteiger partial charge in [0, 0.05) is 12.2 Å². The van der Waals surface area contributed by atoms with Crippen LogP contribution < -0.4 is 0 Å². The number of rotatable bonds is 8. The molecular formula is C17H18N4O3S. The van der Waals surface area contributed by atoms with E-state index in [4.69, 9.17) is 4.74 Å². The highest BCUT2D eigenvalue weighted by Crippen LogP contribution is 2.16. The molecule has 3 rings (SSSR count). The highest BCUT2D eigenvalue weighted by atomic mass is 32.2. The van der Waals surface area contributed by atoms with Crippen LogP contribution in [0.5, 0.6) is 0 Å². The molecule has 0 bridgehead atoms. The standard InChI is InChI=1S/C17H18N4O3S/c22-25(23,13-7-12-24-14-15-8-3-1-4-9-15)21-17(18-19-20-21)16-10-5-2-6-11-16/h1-6,8-11H,7,12-14H2. The normalized spacial score (nSPS) is 11.5. The molecule has 0 aliphatic rings. The molecule has 0 unspecified atom stereocenters. The molecule has 0 fully saturated rings. The van der Waals surface area contributed by atoms with Crippen LogP contribution in [0.2, 0.25) is 0 Å². The maximum atomic E-state index is 12.5. The largest absolute Gasteiger partial charge is 0.377 e. The second-order valence-corrected chi connectivity index (χ2v) is 7.34. The Morgan fingerprint density at radius 2 is 1.64 bits per heavy atom. The SMILES string of the molecule is O=S(=O)(CCCOCc1ccccc1)n1nnnc1-c1ccccc1. The zero-order chi connectivity index (χ0) is 17.5. The second kappa shape index (κ2) is 8.00. The van der Waals surface area contributed by atoms with Crippen molar-refractivity contribution in [3.8, 4) is 11.4 Å². The lowest BCUT2D eigenvalue weighted by Crippen LogP contribution is -2.20. The van der Waals surface area contributed by atoms with Crippen LogP contribution in [-0.2, 0) is 21.4 Å². The first-order valence-electron chi connectivity index (χ1n) is 7.85. The van der Waals surface area contributed by atoms with Gasteiger partial charge in [-0.2, -0.15) is 0 Å². The van der Waals surface area contributed by atoms with Gasteiger partial charge < -0.3 is 4.74 Å². The van der Waals surface area contributed by atoms with Crippen molar-refractivity contribution in [1.82, 2.24) is 19.6 Å². The maximum Gasteiger partial charge on any atom is 0.257 e. The quantitative estimate of drug-likeness (QED) is 0.573. The van der Waals surface area contributed by atoms with Gasteiger partial charge in [-0.1, -0.05) is 60.7 Å². The minimum absolute atomic E-state index is 0.0906. The third-order valence-electron chi connectivity index (χ3n) is 3.54. The molecule has 1 heterocycles. The fourth-order valence-corrected chi connectivity index (χ4v) is 3.52. The molecule has 2 aromatic carbocycles. The highest BCUT2D eigenvalue weighted by molar-refractivity contribution is 7.89. The van der Waals surface area contributed by atoms with Crippen LogP contribution in [0.25, 0.3) is 11.4 Å². The molecule has 0 atom stereocenters. The molecule has 8 heteroatoms. The predicted octanol–water partition coefficient (Wildman–Crippen LogP) is 2.12. The van der Waals surface area contributed by atoms with Crippen LogP contribution in [0.4, 0.5) is 0 Å². The summed E-state index contributed by atoms with van der Waals surface area (Å²) in [6.45, 7) is 0.804. The summed E-state index contributed by atoms with van der Waals surface area (Å²) >= 11 is 0. The van der Waals surface area contributed by atoms with E-state index >= 15 is 0 Å². The molecule has 0 N–H and O–H groups in total. The van der Waals surface area contributed by atoms with Crippen LogP contribution in [0.15, 0.2) is 60.7 Å². The third-order valence-corrected chi connectivity index (χ3v) is 5.12. The third kappa shape index (κ3) is 4.49. The molecule has 0 saturated carbocycles. The number of hydrogen-bond donors (Lipinski definition) is 0. The Hall–Kier alpha value is -2.58. The van der Waals surface area contributed by atoms with Crippen molar-refractivity contribution in [3.63, 3.8) is 0 Å². The van der Waals surface area contributed by atoms with Crippen LogP contribution in [0, 0.1) is 0 Å². The zero-order valence-corrected chi connectivity index (χ0v) is 14.3. The van der Waals surface area contributed by atoms with E-state index in [-0.39, 0.29) is 11.6 Å². The molecule has 25 heavy (non-hydrogen) atoms. The highest BCUT2D eigenvalue weighted by Gasteiger charge is 2.21. The van der Waals surface area contributed by atoms with Crippen molar-refractivity contribution in [2.45, 2.75) is 13.0 Å². The molecule has 0 aliphatic carbocycles. The Morgan fingerprint density at radius 3 is 2.36 bits per heavy atom. The van der Waals surface area contributed by atoms with Crippen molar-refractivity contribution in [1.29, 1.82) is 0 Å². The molecule has 3 aromatic rings. The zero-order valence-electron chi connectivity index (χ0n) is 13.5. The average molecular weight is 358 g/mol. The van der Waals surface area contributed by atoms with E-state index in [1.165, 1.54) is 0 Å². The Balaban J connectivity index is 1.57. The molecule has 0 saturated heterocycles. The van der Waals surface area contributed by atoms with Gasteiger partial charge in [0.15, 0.2) is 5.82 Å². The van der Waals surface area contributed by atoms with Crippen molar-refractivity contribution < 1.29 is 13.2 Å². The Morgan fingerprint density at radius 1 is 0.960 bits per heavy atom. The van der Waals surface area contributed by atoms with Gasteiger partial charge in [0.05, 0.1) is 12.4 Å². The van der Waals surface area contributed by atoms with Crippen molar-refractivity contribution in [2.24, 2.45) is 0 Å². The molecule has 130 valence electrons. The molecule has 0 amide bonds. The van der Waals surface area contributed by atoms with Crippen LogP contribution in [0.1, 0.15) is 12.0 Å². The van der Waals surface area contributed by atoms with E-state index in [9.17, 15) is 8.42 Å². The summed E-state index contributed by atoms with van der Waals surface area (Å²) in [7, 11) is -3.64. The number of aromatic nitrogens is 4. The molecule has 7 nitrogen and oxygen atoms in total. The van der Waals surface area contributed by atoms with Gasteiger partial charge in [0.1, 0.15) is 0 Å². The first kappa shape index (κ1) is 17.2. The molecular weight excluding hydrogens is 340 g/mol. The Labute approximate surface area is 146 Å². The van der Waals surface area contributed by atoms with E-state index in [0.29, 0.717) is 25.2 Å². The van der Waals surface area contributed by atoms with Gasteiger partial charge >= 0.3 is 0 Å². The van der Waals surface area contributed by atoms with Gasteiger partial charge in [-0.25, -0.2) is 8.42 Å². The summed E-state index contributed by atoms with van der Waals surface area (Å²) in [5, 5.41) is 11.0. The first-order valence-corrected chi connectivity index (χ1v) is 9.46. The summed E-state index contributed by atoms with van der Waals surface area (Å²) < 4.78 is 31.4. The van der Waals surface area contributed by atoms with Gasteiger partial charge in [0.25, 0.3) is 10.0 Å². The maximum absolute atomic E-state index is 12.5. The summed E-state index contributed by atoms with van der Waals surface area (Å²) in [5.41, 5.74) is 1.70. The second-order valence-electron chi connectivity index (χ2n) is 5.42. The number of ether oxygens (including phenoxy) is 1. The minimum atomic E-state index is -3.64. The predicted molar refractivity (Wildman–Crippen MR) is 93.2 cm³/mol. The molecule has 1 aromatic heterocycles. The molecule has 0 spiro atoms. The van der Waals surface area contributed by atoms with Crippen molar-refractivity contribution in [2.75, 3.05) is 12.4 Å². The Kier molecular flexibility index (Phi) is 5.52. The smallest absolute Gasteiger partial charge is 0.257 e. The summed E-state index contributed by atoms with van der Waals surface area (Å²) in [6.07, 6.45) is 0.364. The topological polar surface area (TPSA) is 87.0 Å². The summed E-state index contributed by atoms with van der Waals surface area (Å²) in [6, 6.07) is 18.7. The van der Waals surface area contributed by atoms with Crippen LogP contribution >= 0.6 is 0 Å². The van der Waals surface area contributed by atoms with Gasteiger partial charge in [-0.3, -0.25) is 0 Å². The summed E-state index contributed by atoms with van der Waals surface area (Å²) in [4.78, 5) is 0. The number of tetrazole rings is 1. The number of benzene rings is 2. The molecule has 0 aliphatic heterocycles. The van der Waals surface area contributed by atoms with Crippen molar-refractivity contribution in [3.05, 3.63) is 66.2 Å². The van der Waals surface area contributed by atoms with E-state index in [0.717, 1.165) is 9.65 Å². The Bertz CT molecular complexity index is 896. The van der Waals surface area contributed by atoms with E-state index in [1.54, 1.807) is 24.3 Å². The van der Waals surface area contributed by atoms with Gasteiger partial charge in [0.2, 0.25) is 0 Å². The van der Waals surface area contributed by atoms with E-state index in [1.807, 2.05) is 36.4 Å².